The lowest BCUT2D eigenvalue weighted by Crippen LogP contribution is -2.40. The van der Waals surface area contributed by atoms with E-state index in [1.54, 1.807) is 12.4 Å². The van der Waals surface area contributed by atoms with Gasteiger partial charge in [-0.15, -0.1) is 0 Å². The maximum Gasteiger partial charge on any atom is 0.237 e. The number of aromatic nitrogens is 1. The summed E-state index contributed by atoms with van der Waals surface area (Å²) in [5, 5.41) is 2.82. The minimum absolute atomic E-state index is 0.0785. The van der Waals surface area contributed by atoms with Crippen molar-refractivity contribution in [3.05, 3.63) is 30.1 Å². The van der Waals surface area contributed by atoms with Crippen LogP contribution in [0.5, 0.6) is 0 Å². The second-order valence-corrected chi connectivity index (χ2v) is 3.82. The first-order valence-corrected chi connectivity index (χ1v) is 5.66. The number of hydrogen-bond donors (Lipinski definition) is 2. The molecule has 1 rings (SSSR count). The molecule has 0 spiro atoms. The summed E-state index contributed by atoms with van der Waals surface area (Å²) in [6.07, 6.45) is 6.21. The van der Waals surface area contributed by atoms with Crippen LogP contribution in [0.1, 0.15) is 31.7 Å². The number of amides is 1. The summed E-state index contributed by atoms with van der Waals surface area (Å²) in [5.41, 5.74) is 6.78. The van der Waals surface area contributed by atoms with Gasteiger partial charge in [0.1, 0.15) is 0 Å². The van der Waals surface area contributed by atoms with E-state index in [9.17, 15) is 4.79 Å². The van der Waals surface area contributed by atoms with Crippen molar-refractivity contribution in [2.45, 2.75) is 38.8 Å². The second kappa shape index (κ2) is 6.95. The number of rotatable bonds is 6. The molecule has 0 aromatic carbocycles. The third-order valence-corrected chi connectivity index (χ3v) is 2.42. The quantitative estimate of drug-likeness (QED) is 0.758. The molecule has 1 atom stereocenters. The highest BCUT2D eigenvalue weighted by molar-refractivity contribution is 5.81. The Balaban J connectivity index is 2.29. The summed E-state index contributed by atoms with van der Waals surface area (Å²) in [7, 11) is 0. The zero-order valence-electron chi connectivity index (χ0n) is 9.65. The molecule has 0 radical (unpaired) electrons. The maximum atomic E-state index is 11.6. The first-order valence-electron chi connectivity index (χ1n) is 5.66. The largest absolute Gasteiger partial charge is 0.351 e. The highest BCUT2D eigenvalue weighted by atomic mass is 16.2. The summed E-state index contributed by atoms with van der Waals surface area (Å²) in [6.45, 7) is 2.60. The van der Waals surface area contributed by atoms with Crippen LogP contribution in [0, 0.1) is 0 Å². The Bertz CT molecular complexity index is 313. The van der Waals surface area contributed by atoms with E-state index in [0.29, 0.717) is 6.54 Å². The fraction of sp³-hybridized carbons (Fsp3) is 0.500. The standard InChI is InChI=1S/C12H19N3O/c1-2-3-4-11(13)12(16)15-9-10-5-7-14-8-6-10/h5-8,11H,2-4,9,13H2,1H3,(H,15,16). The first-order chi connectivity index (χ1) is 7.74. The number of hydrogen-bond acceptors (Lipinski definition) is 3. The third-order valence-electron chi connectivity index (χ3n) is 2.42. The fourth-order valence-electron chi connectivity index (χ4n) is 1.38. The number of nitrogens with two attached hydrogens (primary N) is 1. The van der Waals surface area contributed by atoms with Crippen LogP contribution in [-0.4, -0.2) is 16.9 Å². The Morgan fingerprint density at radius 3 is 2.81 bits per heavy atom. The van der Waals surface area contributed by atoms with Gasteiger partial charge in [0.2, 0.25) is 5.91 Å². The Labute approximate surface area is 96.3 Å². The molecule has 0 aliphatic carbocycles. The summed E-state index contributed by atoms with van der Waals surface area (Å²) in [6, 6.07) is 3.36. The van der Waals surface area contributed by atoms with Crippen LogP contribution in [0.3, 0.4) is 0 Å². The minimum Gasteiger partial charge on any atom is -0.351 e. The van der Waals surface area contributed by atoms with E-state index < -0.39 is 0 Å². The summed E-state index contributed by atoms with van der Waals surface area (Å²) in [4.78, 5) is 15.5. The predicted octanol–water partition coefficient (Wildman–Crippen LogP) is 1.22. The molecule has 1 unspecified atom stereocenters. The minimum atomic E-state index is -0.387. The molecule has 1 amide bonds. The molecular formula is C12H19N3O. The lowest BCUT2D eigenvalue weighted by atomic mass is 10.1. The highest BCUT2D eigenvalue weighted by Gasteiger charge is 2.11. The number of pyridine rings is 1. The molecule has 4 heteroatoms. The van der Waals surface area contributed by atoms with Crippen molar-refractivity contribution in [1.82, 2.24) is 10.3 Å². The molecule has 0 aliphatic heterocycles. The van der Waals surface area contributed by atoms with Crippen LogP contribution in [0.25, 0.3) is 0 Å². The van der Waals surface area contributed by atoms with E-state index >= 15 is 0 Å². The van der Waals surface area contributed by atoms with E-state index in [4.69, 9.17) is 5.73 Å². The zero-order chi connectivity index (χ0) is 11.8. The van der Waals surface area contributed by atoms with Crippen LogP contribution in [0.2, 0.25) is 0 Å². The van der Waals surface area contributed by atoms with Crippen molar-refractivity contribution in [3.8, 4) is 0 Å². The maximum absolute atomic E-state index is 11.6. The summed E-state index contributed by atoms with van der Waals surface area (Å²) >= 11 is 0. The third kappa shape index (κ3) is 4.40. The Hall–Kier alpha value is -1.42. The molecule has 1 aromatic heterocycles. The van der Waals surface area contributed by atoms with E-state index in [1.807, 2.05) is 12.1 Å². The monoisotopic (exact) mass is 221 g/mol. The molecule has 3 N–H and O–H groups in total. The van der Waals surface area contributed by atoms with Gasteiger partial charge in [-0.05, 0) is 24.1 Å². The van der Waals surface area contributed by atoms with Gasteiger partial charge in [-0.1, -0.05) is 19.8 Å². The van der Waals surface area contributed by atoms with Gasteiger partial charge in [-0.2, -0.15) is 0 Å². The van der Waals surface area contributed by atoms with Gasteiger partial charge in [-0.25, -0.2) is 0 Å². The summed E-state index contributed by atoms with van der Waals surface area (Å²) < 4.78 is 0. The molecule has 0 saturated heterocycles. The van der Waals surface area contributed by atoms with Crippen LogP contribution < -0.4 is 11.1 Å². The number of nitrogens with one attached hydrogen (secondary N) is 1. The van der Waals surface area contributed by atoms with Crippen molar-refractivity contribution in [1.29, 1.82) is 0 Å². The zero-order valence-corrected chi connectivity index (χ0v) is 9.65. The lowest BCUT2D eigenvalue weighted by Gasteiger charge is -2.11. The van der Waals surface area contributed by atoms with Gasteiger partial charge in [0.15, 0.2) is 0 Å². The smallest absolute Gasteiger partial charge is 0.237 e. The number of carbonyl (C=O) groups excluding carboxylic acids is 1. The number of carbonyl (C=O) groups is 1. The van der Waals surface area contributed by atoms with Gasteiger partial charge < -0.3 is 11.1 Å². The molecule has 0 saturated carbocycles. The second-order valence-electron chi connectivity index (χ2n) is 3.82. The molecule has 0 bridgehead atoms. The van der Waals surface area contributed by atoms with Gasteiger partial charge >= 0.3 is 0 Å². The van der Waals surface area contributed by atoms with Crippen molar-refractivity contribution in [2.75, 3.05) is 0 Å². The van der Waals surface area contributed by atoms with E-state index in [1.165, 1.54) is 0 Å². The van der Waals surface area contributed by atoms with Crippen LogP contribution >= 0.6 is 0 Å². The van der Waals surface area contributed by atoms with Crippen molar-refractivity contribution in [2.24, 2.45) is 5.73 Å². The van der Waals surface area contributed by atoms with Crippen molar-refractivity contribution >= 4 is 5.91 Å². The molecule has 88 valence electrons. The average Bonchev–Trinajstić information content (AvgIpc) is 2.34. The highest BCUT2D eigenvalue weighted by Crippen LogP contribution is 1.99. The Morgan fingerprint density at radius 2 is 2.19 bits per heavy atom. The van der Waals surface area contributed by atoms with Crippen molar-refractivity contribution in [3.63, 3.8) is 0 Å². The molecule has 4 nitrogen and oxygen atoms in total. The van der Waals surface area contributed by atoms with Gasteiger partial charge in [-0.3, -0.25) is 9.78 Å². The van der Waals surface area contributed by atoms with E-state index in [-0.39, 0.29) is 11.9 Å². The Kier molecular flexibility index (Phi) is 5.50. The van der Waals surface area contributed by atoms with Crippen molar-refractivity contribution < 1.29 is 4.79 Å². The normalized spacial score (nSPS) is 12.1. The lowest BCUT2D eigenvalue weighted by molar-refractivity contribution is -0.122. The van der Waals surface area contributed by atoms with Gasteiger partial charge in [0, 0.05) is 18.9 Å². The predicted molar refractivity (Wildman–Crippen MR) is 63.6 cm³/mol. The average molecular weight is 221 g/mol. The molecule has 0 aliphatic rings. The molecule has 1 aromatic rings. The van der Waals surface area contributed by atoms with E-state index in [2.05, 4.69) is 17.2 Å². The SMILES string of the molecule is CCCCC(N)C(=O)NCc1ccncc1. The van der Waals surface area contributed by atoms with Crippen LogP contribution in [-0.2, 0) is 11.3 Å². The van der Waals surface area contributed by atoms with Crippen LogP contribution in [0.4, 0.5) is 0 Å². The number of nitrogens with zero attached hydrogens (tertiary/aromatic N) is 1. The molecular weight excluding hydrogens is 202 g/mol. The molecule has 0 fully saturated rings. The fourth-order valence-corrected chi connectivity index (χ4v) is 1.38. The Morgan fingerprint density at radius 1 is 1.50 bits per heavy atom. The molecule has 16 heavy (non-hydrogen) atoms. The first kappa shape index (κ1) is 12.6. The van der Waals surface area contributed by atoms with E-state index in [0.717, 1.165) is 24.8 Å². The van der Waals surface area contributed by atoms with Gasteiger partial charge in [0.05, 0.1) is 6.04 Å². The molecule has 1 heterocycles. The summed E-state index contributed by atoms with van der Waals surface area (Å²) in [5.74, 6) is -0.0785. The number of unbranched alkanes of at least 4 members (excludes halogenated alkanes) is 1. The van der Waals surface area contributed by atoms with Gasteiger partial charge in [0.25, 0.3) is 0 Å². The van der Waals surface area contributed by atoms with Crippen LogP contribution in [0.15, 0.2) is 24.5 Å². The topological polar surface area (TPSA) is 68.0 Å².